The van der Waals surface area contributed by atoms with E-state index in [2.05, 4.69) is 25.2 Å². The smallest absolute Gasteiger partial charge is 0.417 e. The van der Waals surface area contributed by atoms with Crippen LogP contribution in [0, 0.1) is 5.92 Å². The van der Waals surface area contributed by atoms with Gasteiger partial charge in [0.05, 0.1) is 40.2 Å². The zero-order chi connectivity index (χ0) is 31.6. The van der Waals surface area contributed by atoms with Gasteiger partial charge in [-0.05, 0) is 51.3 Å². The number of ether oxygens (including phenoxy) is 1. The lowest BCUT2D eigenvalue weighted by Gasteiger charge is -2.39. The Morgan fingerprint density at radius 3 is 2.59 bits per heavy atom. The quantitative estimate of drug-likeness (QED) is 0.310. The summed E-state index contributed by atoms with van der Waals surface area (Å²) < 4.78 is 46.8. The Kier molecular flexibility index (Phi) is 9.44. The molecule has 0 aliphatic carbocycles. The molecule has 5 rings (SSSR count). The zero-order valence-electron chi connectivity index (χ0n) is 24.2. The SMILES string of the molecule is COC1(C)CCCN(Cc2sc(NC(=O)c3cnc(N4CCC(C(=O)O)CC4)cn3)nc2-c2ccc(Cl)c(C(F)(F)F)c2)C1. The predicted octanol–water partition coefficient (Wildman–Crippen LogP) is 5.83. The highest BCUT2D eigenvalue weighted by atomic mass is 35.5. The number of hydrogen-bond acceptors (Lipinski definition) is 9. The van der Waals surface area contributed by atoms with Gasteiger partial charge in [-0.25, -0.2) is 15.0 Å². The molecule has 2 N–H and O–H groups in total. The normalized spacial score (nSPS) is 20.1. The van der Waals surface area contributed by atoms with E-state index < -0.39 is 28.6 Å². The number of aromatic nitrogens is 3. The van der Waals surface area contributed by atoms with Crippen molar-refractivity contribution in [2.24, 2.45) is 5.92 Å². The molecule has 0 bridgehead atoms. The zero-order valence-corrected chi connectivity index (χ0v) is 25.7. The lowest BCUT2D eigenvalue weighted by Crippen LogP contribution is -2.46. The van der Waals surface area contributed by atoms with Gasteiger partial charge < -0.3 is 14.7 Å². The molecule has 3 aromatic rings. The topological polar surface area (TPSA) is 121 Å². The van der Waals surface area contributed by atoms with Gasteiger partial charge in [0.15, 0.2) is 5.13 Å². The van der Waals surface area contributed by atoms with Crippen LogP contribution in [0.15, 0.2) is 30.6 Å². The molecule has 0 radical (unpaired) electrons. The fraction of sp³-hybridized carbons (Fsp3) is 0.483. The van der Waals surface area contributed by atoms with E-state index in [0.29, 0.717) is 55.4 Å². The van der Waals surface area contributed by atoms with Crippen molar-refractivity contribution in [3.63, 3.8) is 0 Å². The number of thiazole rings is 1. The number of aliphatic carboxylic acids is 1. The van der Waals surface area contributed by atoms with E-state index in [1.165, 1.54) is 35.9 Å². The van der Waals surface area contributed by atoms with E-state index in [-0.39, 0.29) is 27.9 Å². The maximum Gasteiger partial charge on any atom is 0.417 e. The molecule has 2 aromatic heterocycles. The monoisotopic (exact) mass is 652 g/mol. The molecular weight excluding hydrogens is 621 g/mol. The molecule has 0 saturated carbocycles. The summed E-state index contributed by atoms with van der Waals surface area (Å²) in [6.45, 7) is 4.87. The van der Waals surface area contributed by atoms with Gasteiger partial charge in [-0.3, -0.25) is 19.8 Å². The summed E-state index contributed by atoms with van der Waals surface area (Å²) in [7, 11) is 1.67. The third-order valence-corrected chi connectivity index (χ3v) is 9.39. The summed E-state index contributed by atoms with van der Waals surface area (Å²) in [4.78, 5) is 42.2. The van der Waals surface area contributed by atoms with Crippen molar-refractivity contribution < 1.29 is 32.6 Å². The van der Waals surface area contributed by atoms with Crippen LogP contribution in [0.1, 0.15) is 53.5 Å². The largest absolute Gasteiger partial charge is 0.481 e. The van der Waals surface area contributed by atoms with Crippen LogP contribution in [0.25, 0.3) is 11.3 Å². The number of nitrogens with zero attached hydrogens (tertiary/aromatic N) is 5. The molecule has 4 heterocycles. The number of likely N-dealkylation sites (tertiary alicyclic amines) is 1. The van der Waals surface area contributed by atoms with E-state index in [9.17, 15) is 27.9 Å². The first-order chi connectivity index (χ1) is 20.8. The number of amides is 1. The summed E-state index contributed by atoms with van der Waals surface area (Å²) >= 11 is 7.06. The maximum atomic E-state index is 13.7. The van der Waals surface area contributed by atoms with Crippen LogP contribution in [0.2, 0.25) is 5.02 Å². The molecule has 44 heavy (non-hydrogen) atoms. The number of carboxylic acids is 1. The van der Waals surface area contributed by atoms with Gasteiger partial charge >= 0.3 is 12.1 Å². The first-order valence-corrected chi connectivity index (χ1v) is 15.3. The Balaban J connectivity index is 1.37. The molecular formula is C29H32ClF3N6O4S. The summed E-state index contributed by atoms with van der Waals surface area (Å²) in [6.07, 6.45) is 0.922. The molecule has 236 valence electrons. The van der Waals surface area contributed by atoms with E-state index in [1.54, 1.807) is 7.11 Å². The summed E-state index contributed by atoms with van der Waals surface area (Å²) in [5.41, 5.74) is -0.723. The van der Waals surface area contributed by atoms with Gasteiger partial charge in [0, 0.05) is 43.7 Å². The van der Waals surface area contributed by atoms with Crippen molar-refractivity contribution in [1.82, 2.24) is 19.9 Å². The van der Waals surface area contributed by atoms with Crippen molar-refractivity contribution in [2.45, 2.75) is 50.9 Å². The standard InChI is InChI=1S/C29H32ClF3N6O4S/c1-28(43-2)8-3-9-38(16-28)15-22-24(18-4-5-20(30)19(12-18)29(31,32)33)36-27(44-22)37-25(40)21-13-35-23(14-34-21)39-10-6-17(7-11-39)26(41)42/h4-5,12-14,17H,3,6-11,15-16H2,1-2H3,(H,41,42)(H,36,37,40). The number of piperidine rings is 2. The second-order valence-corrected chi connectivity index (χ2v) is 12.8. The number of halogens is 4. The Bertz CT molecular complexity index is 1510. The average molecular weight is 653 g/mol. The Hall–Kier alpha value is -3.33. The number of nitrogens with one attached hydrogen (secondary N) is 1. The summed E-state index contributed by atoms with van der Waals surface area (Å²) in [6, 6.07) is 3.66. The minimum Gasteiger partial charge on any atom is -0.481 e. The average Bonchev–Trinajstić information content (AvgIpc) is 3.38. The van der Waals surface area contributed by atoms with Crippen LogP contribution in [0.4, 0.5) is 24.1 Å². The van der Waals surface area contributed by atoms with Gasteiger partial charge in [0.1, 0.15) is 11.5 Å². The molecule has 0 spiro atoms. The lowest BCUT2D eigenvalue weighted by atomic mass is 9.94. The highest BCUT2D eigenvalue weighted by Crippen LogP contribution is 2.40. The van der Waals surface area contributed by atoms with Crippen molar-refractivity contribution >= 4 is 45.8 Å². The number of carboxylic acid groups (broad SMARTS) is 1. The fourth-order valence-corrected chi connectivity index (χ4v) is 6.80. The molecule has 2 fully saturated rings. The predicted molar refractivity (Wildman–Crippen MR) is 160 cm³/mol. The Morgan fingerprint density at radius 1 is 1.20 bits per heavy atom. The number of alkyl halides is 3. The van der Waals surface area contributed by atoms with Gasteiger partial charge in [0.25, 0.3) is 5.91 Å². The van der Waals surface area contributed by atoms with E-state index >= 15 is 0 Å². The molecule has 2 saturated heterocycles. The third-order valence-electron chi connectivity index (χ3n) is 8.10. The third kappa shape index (κ3) is 7.31. The molecule has 15 heteroatoms. The number of benzene rings is 1. The van der Waals surface area contributed by atoms with Crippen molar-refractivity contribution in [1.29, 1.82) is 0 Å². The van der Waals surface area contributed by atoms with Gasteiger partial charge in [-0.1, -0.05) is 29.0 Å². The molecule has 2 aliphatic rings. The number of rotatable bonds is 8. The first kappa shape index (κ1) is 32.1. The molecule has 1 amide bonds. The first-order valence-electron chi connectivity index (χ1n) is 14.1. The van der Waals surface area contributed by atoms with E-state index in [0.717, 1.165) is 25.5 Å². The van der Waals surface area contributed by atoms with Crippen molar-refractivity contribution in [3.8, 4) is 11.3 Å². The molecule has 1 aromatic carbocycles. The molecule has 1 atom stereocenters. The number of carbonyl (C=O) groups excluding carboxylic acids is 1. The molecule has 10 nitrogen and oxygen atoms in total. The second kappa shape index (κ2) is 13.0. The Labute approximate surface area is 261 Å². The fourth-order valence-electron chi connectivity index (χ4n) is 5.56. The van der Waals surface area contributed by atoms with E-state index in [4.69, 9.17) is 16.3 Å². The number of carbonyl (C=O) groups is 2. The van der Waals surface area contributed by atoms with Gasteiger partial charge in [-0.15, -0.1) is 0 Å². The van der Waals surface area contributed by atoms with Crippen molar-refractivity contribution in [3.05, 3.63) is 51.7 Å². The van der Waals surface area contributed by atoms with Crippen LogP contribution in [-0.4, -0.2) is 75.7 Å². The van der Waals surface area contributed by atoms with Crippen molar-refractivity contribution in [2.75, 3.05) is 43.5 Å². The van der Waals surface area contributed by atoms with Crippen LogP contribution < -0.4 is 10.2 Å². The molecule has 1 unspecified atom stereocenters. The number of hydrogen-bond donors (Lipinski definition) is 2. The van der Waals surface area contributed by atoms with E-state index in [1.807, 2.05) is 11.8 Å². The van der Waals surface area contributed by atoms with Crippen LogP contribution in [0.3, 0.4) is 0 Å². The highest BCUT2D eigenvalue weighted by molar-refractivity contribution is 7.16. The lowest BCUT2D eigenvalue weighted by molar-refractivity contribution is -0.142. The minimum absolute atomic E-state index is 0.0326. The Morgan fingerprint density at radius 2 is 1.95 bits per heavy atom. The van der Waals surface area contributed by atoms with Gasteiger partial charge in [-0.2, -0.15) is 13.2 Å². The number of anilines is 2. The summed E-state index contributed by atoms with van der Waals surface area (Å²) in [5, 5.41) is 11.7. The van der Waals surface area contributed by atoms with Gasteiger partial charge in [0.2, 0.25) is 0 Å². The second-order valence-electron chi connectivity index (χ2n) is 11.3. The summed E-state index contributed by atoms with van der Waals surface area (Å²) in [5.74, 6) is -1.23. The molecule has 2 aliphatic heterocycles. The maximum absolute atomic E-state index is 13.7. The van der Waals surface area contributed by atoms with Crippen LogP contribution >= 0.6 is 22.9 Å². The minimum atomic E-state index is -4.65. The number of methoxy groups -OCH3 is 1. The highest BCUT2D eigenvalue weighted by Gasteiger charge is 2.35. The van der Waals surface area contributed by atoms with Crippen LogP contribution in [0.5, 0.6) is 0 Å². The van der Waals surface area contributed by atoms with Crippen LogP contribution in [-0.2, 0) is 22.3 Å².